The molecule has 0 spiro atoms. The van der Waals surface area contributed by atoms with Crippen LogP contribution in [-0.2, 0) is 16.0 Å². The van der Waals surface area contributed by atoms with Crippen molar-refractivity contribution in [1.82, 2.24) is 9.80 Å². The molecule has 2 amide bonds. The Morgan fingerprint density at radius 2 is 1.93 bits per heavy atom. The molecule has 0 aliphatic carbocycles. The molecule has 5 heteroatoms. The highest BCUT2D eigenvalue weighted by molar-refractivity contribution is 7.10. The topological polar surface area (TPSA) is 40.6 Å². The zero-order valence-electron chi connectivity index (χ0n) is 18.7. The van der Waals surface area contributed by atoms with Crippen LogP contribution in [0, 0.1) is 12.8 Å². The number of fused-ring (bicyclic) bond motifs is 1. The first-order chi connectivity index (χ1) is 14.4. The summed E-state index contributed by atoms with van der Waals surface area (Å²) >= 11 is 1.78. The maximum absolute atomic E-state index is 13.5. The third-order valence-corrected chi connectivity index (χ3v) is 6.93. The second-order valence-corrected chi connectivity index (χ2v) is 9.52. The lowest BCUT2D eigenvalue weighted by molar-refractivity contribution is -0.143. The standard InChI is InChI=1S/C25H34N2O2S/c1-5-6-9-14-26(25(29)18(2)3)17-23(28)27-15-12-22-21(13-16-30-22)24(27)20-11-8-7-10-19(20)4/h7-8,10-11,13,16,18,24H,5-6,9,12,14-15,17H2,1-4H3/t24-/m0/s1. The summed E-state index contributed by atoms with van der Waals surface area (Å²) in [6, 6.07) is 10.4. The number of hydrogen-bond acceptors (Lipinski definition) is 3. The number of carbonyl (C=O) groups excluding carboxylic acids is 2. The molecule has 30 heavy (non-hydrogen) atoms. The van der Waals surface area contributed by atoms with E-state index >= 15 is 0 Å². The van der Waals surface area contributed by atoms with Crippen molar-refractivity contribution in [2.24, 2.45) is 5.92 Å². The van der Waals surface area contributed by atoms with Gasteiger partial charge < -0.3 is 9.80 Å². The summed E-state index contributed by atoms with van der Waals surface area (Å²) in [5.74, 6) is 0.0159. The van der Waals surface area contributed by atoms with Gasteiger partial charge in [-0.05, 0) is 47.9 Å². The molecule has 0 N–H and O–H groups in total. The van der Waals surface area contributed by atoms with E-state index in [4.69, 9.17) is 0 Å². The number of unbranched alkanes of at least 4 members (excludes halogenated alkanes) is 2. The summed E-state index contributed by atoms with van der Waals surface area (Å²) in [5.41, 5.74) is 3.61. The van der Waals surface area contributed by atoms with Crippen LogP contribution in [0.2, 0.25) is 0 Å². The van der Waals surface area contributed by atoms with E-state index < -0.39 is 0 Å². The molecule has 1 aliphatic rings. The Kier molecular flexibility index (Phi) is 7.70. The van der Waals surface area contributed by atoms with Crippen LogP contribution in [0.1, 0.15) is 67.6 Å². The van der Waals surface area contributed by atoms with E-state index in [-0.39, 0.29) is 30.3 Å². The van der Waals surface area contributed by atoms with Gasteiger partial charge >= 0.3 is 0 Å². The summed E-state index contributed by atoms with van der Waals surface area (Å²) in [6.45, 7) is 9.61. The Morgan fingerprint density at radius 3 is 2.63 bits per heavy atom. The van der Waals surface area contributed by atoms with Crippen molar-refractivity contribution in [3.8, 4) is 0 Å². The molecule has 1 atom stereocenters. The molecule has 0 fully saturated rings. The van der Waals surface area contributed by atoms with Gasteiger partial charge in [0.15, 0.2) is 0 Å². The van der Waals surface area contributed by atoms with Crippen molar-refractivity contribution in [3.63, 3.8) is 0 Å². The fraction of sp³-hybridized carbons (Fsp3) is 0.520. The molecule has 3 rings (SSSR count). The van der Waals surface area contributed by atoms with E-state index in [2.05, 4.69) is 37.4 Å². The molecule has 4 nitrogen and oxygen atoms in total. The van der Waals surface area contributed by atoms with Crippen LogP contribution in [0.4, 0.5) is 0 Å². The lowest BCUT2D eigenvalue weighted by atomic mass is 9.90. The first-order valence-corrected chi connectivity index (χ1v) is 12.0. The fourth-order valence-electron chi connectivity index (χ4n) is 4.25. The van der Waals surface area contributed by atoms with Gasteiger partial charge in [-0.2, -0.15) is 0 Å². The van der Waals surface area contributed by atoms with Crippen molar-refractivity contribution < 1.29 is 9.59 Å². The summed E-state index contributed by atoms with van der Waals surface area (Å²) in [4.78, 5) is 31.4. The van der Waals surface area contributed by atoms with Gasteiger partial charge in [0, 0.05) is 23.9 Å². The summed E-state index contributed by atoms with van der Waals surface area (Å²) in [6.07, 6.45) is 4.00. The fourth-order valence-corrected chi connectivity index (χ4v) is 5.16. The van der Waals surface area contributed by atoms with Gasteiger partial charge in [0.25, 0.3) is 0 Å². The van der Waals surface area contributed by atoms with Crippen LogP contribution >= 0.6 is 11.3 Å². The molecule has 2 aromatic rings. The second kappa shape index (κ2) is 10.3. The van der Waals surface area contributed by atoms with Crippen LogP contribution in [0.25, 0.3) is 0 Å². The van der Waals surface area contributed by atoms with Gasteiger partial charge in [0.2, 0.25) is 11.8 Å². The molecule has 0 unspecified atom stereocenters. The summed E-state index contributed by atoms with van der Waals surface area (Å²) in [7, 11) is 0. The summed E-state index contributed by atoms with van der Waals surface area (Å²) < 4.78 is 0. The van der Waals surface area contributed by atoms with Crippen LogP contribution in [0.5, 0.6) is 0 Å². The molecular formula is C25H34N2O2S. The Hall–Kier alpha value is -2.14. The summed E-state index contributed by atoms with van der Waals surface area (Å²) in [5, 5.41) is 2.13. The van der Waals surface area contributed by atoms with Crippen LogP contribution in [-0.4, -0.2) is 41.2 Å². The monoisotopic (exact) mass is 426 g/mol. The number of thiophene rings is 1. The zero-order valence-corrected chi connectivity index (χ0v) is 19.5. The number of amides is 2. The van der Waals surface area contributed by atoms with Crippen molar-refractivity contribution in [2.45, 2.75) is 59.4 Å². The molecule has 0 radical (unpaired) electrons. The molecule has 0 saturated carbocycles. The smallest absolute Gasteiger partial charge is 0.242 e. The van der Waals surface area contributed by atoms with Gasteiger partial charge in [-0.25, -0.2) is 0 Å². The minimum absolute atomic E-state index is 0.0469. The number of nitrogens with zero attached hydrogens (tertiary/aromatic N) is 2. The normalized spacial score (nSPS) is 15.9. The maximum Gasteiger partial charge on any atom is 0.242 e. The maximum atomic E-state index is 13.5. The zero-order chi connectivity index (χ0) is 21.7. The van der Waals surface area contributed by atoms with Gasteiger partial charge in [-0.3, -0.25) is 9.59 Å². The minimum Gasteiger partial charge on any atom is -0.333 e. The average Bonchev–Trinajstić information content (AvgIpc) is 3.21. The molecule has 162 valence electrons. The number of benzene rings is 1. The van der Waals surface area contributed by atoms with E-state index in [9.17, 15) is 9.59 Å². The van der Waals surface area contributed by atoms with Crippen LogP contribution in [0.3, 0.4) is 0 Å². The second-order valence-electron chi connectivity index (χ2n) is 8.52. The van der Waals surface area contributed by atoms with E-state index in [1.807, 2.05) is 30.9 Å². The lowest BCUT2D eigenvalue weighted by Crippen LogP contribution is -2.47. The molecule has 1 aliphatic heterocycles. The molecule has 1 aromatic heterocycles. The molecule has 0 bridgehead atoms. The third kappa shape index (κ3) is 4.94. The average molecular weight is 427 g/mol. The molecule has 2 heterocycles. The quantitative estimate of drug-likeness (QED) is 0.544. The molecule has 0 saturated heterocycles. The minimum atomic E-state index is -0.101. The predicted molar refractivity (Wildman–Crippen MR) is 124 cm³/mol. The molecular weight excluding hydrogens is 392 g/mol. The number of carbonyl (C=O) groups is 2. The highest BCUT2D eigenvalue weighted by atomic mass is 32.1. The number of hydrogen-bond donors (Lipinski definition) is 0. The Balaban J connectivity index is 1.87. The van der Waals surface area contributed by atoms with Crippen molar-refractivity contribution in [2.75, 3.05) is 19.6 Å². The van der Waals surface area contributed by atoms with Gasteiger partial charge in [-0.15, -0.1) is 11.3 Å². The van der Waals surface area contributed by atoms with Crippen molar-refractivity contribution in [1.29, 1.82) is 0 Å². The van der Waals surface area contributed by atoms with E-state index in [0.717, 1.165) is 25.7 Å². The van der Waals surface area contributed by atoms with Crippen molar-refractivity contribution in [3.05, 3.63) is 57.3 Å². The SMILES string of the molecule is CCCCCN(CC(=O)N1CCc2sccc2[C@@H]1c1ccccc1C)C(=O)C(C)C. The van der Waals surface area contributed by atoms with Gasteiger partial charge in [-0.1, -0.05) is 57.9 Å². The number of aryl methyl sites for hydroxylation is 1. The highest BCUT2D eigenvalue weighted by Crippen LogP contribution is 2.39. The Morgan fingerprint density at radius 1 is 1.17 bits per heavy atom. The van der Waals surface area contributed by atoms with E-state index in [0.29, 0.717) is 13.1 Å². The first-order valence-electron chi connectivity index (χ1n) is 11.1. The van der Waals surface area contributed by atoms with Gasteiger partial charge in [0.1, 0.15) is 0 Å². The number of rotatable bonds is 8. The van der Waals surface area contributed by atoms with Crippen molar-refractivity contribution >= 4 is 23.2 Å². The highest BCUT2D eigenvalue weighted by Gasteiger charge is 2.34. The van der Waals surface area contributed by atoms with E-state index in [1.165, 1.54) is 21.6 Å². The molecule has 1 aromatic carbocycles. The third-order valence-electron chi connectivity index (χ3n) is 5.93. The largest absolute Gasteiger partial charge is 0.333 e. The lowest BCUT2D eigenvalue weighted by Gasteiger charge is -2.38. The van der Waals surface area contributed by atoms with Crippen LogP contribution < -0.4 is 0 Å². The van der Waals surface area contributed by atoms with Gasteiger partial charge in [0.05, 0.1) is 12.6 Å². The Labute approximate surface area is 184 Å². The Bertz CT molecular complexity index is 874. The van der Waals surface area contributed by atoms with E-state index in [1.54, 1.807) is 16.2 Å². The first kappa shape index (κ1) is 22.5. The predicted octanol–water partition coefficient (Wildman–Crippen LogP) is 5.21. The van der Waals surface area contributed by atoms with Crippen LogP contribution in [0.15, 0.2) is 35.7 Å².